The van der Waals surface area contributed by atoms with Gasteiger partial charge in [-0.25, -0.2) is 0 Å². The maximum absolute atomic E-state index is 11.5. The zero-order valence-corrected chi connectivity index (χ0v) is 8.66. The molecule has 0 atom stereocenters. The largest absolute Gasteiger partial charge is 0.343 e. The standard InChI is InChI=1S/C11H14N2O/c1-11(2,3)8-7-13-9(12-8)5-4-6-10(13)14/h4-7,12H,1-3H3. The summed E-state index contributed by atoms with van der Waals surface area (Å²) >= 11 is 0. The van der Waals surface area contributed by atoms with Crippen molar-refractivity contribution >= 4 is 5.65 Å². The third kappa shape index (κ3) is 1.35. The number of aromatic nitrogens is 2. The highest BCUT2D eigenvalue weighted by Gasteiger charge is 2.16. The summed E-state index contributed by atoms with van der Waals surface area (Å²) in [5, 5.41) is 0. The van der Waals surface area contributed by atoms with Crippen molar-refractivity contribution < 1.29 is 0 Å². The SMILES string of the molecule is CC(C)(C)c1cn2c(=O)cccc2[nH]1. The lowest BCUT2D eigenvalue weighted by atomic mass is 9.93. The Labute approximate surface area is 82.4 Å². The number of aromatic amines is 1. The van der Waals surface area contributed by atoms with E-state index in [0.717, 1.165) is 11.3 Å². The predicted molar refractivity (Wildman–Crippen MR) is 56.7 cm³/mol. The fourth-order valence-electron chi connectivity index (χ4n) is 1.42. The molecule has 14 heavy (non-hydrogen) atoms. The van der Waals surface area contributed by atoms with E-state index >= 15 is 0 Å². The summed E-state index contributed by atoms with van der Waals surface area (Å²) in [5.74, 6) is 0. The molecule has 0 saturated heterocycles. The van der Waals surface area contributed by atoms with Gasteiger partial charge in [0, 0.05) is 23.4 Å². The first-order valence-corrected chi connectivity index (χ1v) is 4.69. The molecule has 0 amide bonds. The van der Waals surface area contributed by atoms with Crippen molar-refractivity contribution in [2.75, 3.05) is 0 Å². The summed E-state index contributed by atoms with van der Waals surface area (Å²) in [7, 11) is 0. The molecule has 0 aliphatic heterocycles. The summed E-state index contributed by atoms with van der Waals surface area (Å²) in [5.41, 5.74) is 1.97. The molecule has 0 fully saturated rings. The number of H-pyrrole nitrogens is 1. The average molecular weight is 190 g/mol. The number of fused-ring (bicyclic) bond motifs is 1. The van der Waals surface area contributed by atoms with Crippen LogP contribution < -0.4 is 5.56 Å². The highest BCUT2D eigenvalue weighted by Crippen LogP contribution is 2.20. The van der Waals surface area contributed by atoms with Gasteiger partial charge in [0.15, 0.2) is 0 Å². The second kappa shape index (κ2) is 2.74. The van der Waals surface area contributed by atoms with Crippen LogP contribution in [-0.4, -0.2) is 9.38 Å². The maximum Gasteiger partial charge on any atom is 0.256 e. The number of nitrogens with one attached hydrogen (secondary N) is 1. The smallest absolute Gasteiger partial charge is 0.256 e. The fraction of sp³-hybridized carbons (Fsp3) is 0.364. The first kappa shape index (κ1) is 9.06. The topological polar surface area (TPSA) is 37.3 Å². The van der Waals surface area contributed by atoms with Gasteiger partial charge in [-0.05, 0) is 6.07 Å². The highest BCUT2D eigenvalue weighted by molar-refractivity contribution is 5.40. The Morgan fingerprint density at radius 2 is 2.00 bits per heavy atom. The van der Waals surface area contributed by atoms with E-state index in [-0.39, 0.29) is 11.0 Å². The van der Waals surface area contributed by atoms with E-state index in [1.165, 1.54) is 0 Å². The molecule has 0 aliphatic rings. The van der Waals surface area contributed by atoms with E-state index in [4.69, 9.17) is 0 Å². The minimum absolute atomic E-state index is 0.00856. The lowest BCUT2D eigenvalue weighted by molar-refractivity contribution is 0.573. The van der Waals surface area contributed by atoms with Crippen LogP contribution in [0.15, 0.2) is 29.2 Å². The number of imidazole rings is 1. The third-order valence-electron chi connectivity index (χ3n) is 2.32. The van der Waals surface area contributed by atoms with Crippen LogP contribution in [0.25, 0.3) is 5.65 Å². The molecular weight excluding hydrogens is 176 g/mol. The summed E-state index contributed by atoms with van der Waals surface area (Å²) in [4.78, 5) is 14.7. The van der Waals surface area contributed by atoms with Crippen LogP contribution >= 0.6 is 0 Å². The Hall–Kier alpha value is -1.51. The quantitative estimate of drug-likeness (QED) is 0.677. The summed E-state index contributed by atoms with van der Waals surface area (Å²) < 4.78 is 1.64. The van der Waals surface area contributed by atoms with Crippen molar-refractivity contribution in [1.29, 1.82) is 0 Å². The van der Waals surface area contributed by atoms with Gasteiger partial charge in [0.25, 0.3) is 5.56 Å². The number of hydrogen-bond acceptors (Lipinski definition) is 1. The first-order valence-electron chi connectivity index (χ1n) is 4.69. The summed E-state index contributed by atoms with van der Waals surface area (Å²) in [6.45, 7) is 6.34. The summed E-state index contributed by atoms with van der Waals surface area (Å²) in [6, 6.07) is 5.23. The predicted octanol–water partition coefficient (Wildman–Crippen LogP) is 1.93. The van der Waals surface area contributed by atoms with Crippen LogP contribution in [-0.2, 0) is 5.41 Å². The highest BCUT2D eigenvalue weighted by atomic mass is 16.1. The van der Waals surface area contributed by atoms with Gasteiger partial charge < -0.3 is 4.98 Å². The number of rotatable bonds is 0. The van der Waals surface area contributed by atoms with Crippen LogP contribution in [0.3, 0.4) is 0 Å². The second-order valence-electron chi connectivity index (χ2n) is 4.54. The zero-order valence-electron chi connectivity index (χ0n) is 8.66. The minimum atomic E-state index is 0.00856. The number of pyridine rings is 1. The average Bonchev–Trinajstić information content (AvgIpc) is 2.48. The summed E-state index contributed by atoms with van der Waals surface area (Å²) in [6.07, 6.45) is 1.87. The molecule has 3 heteroatoms. The molecule has 2 aromatic heterocycles. The molecule has 0 radical (unpaired) electrons. The van der Waals surface area contributed by atoms with Crippen molar-refractivity contribution in [3.8, 4) is 0 Å². The molecule has 0 aliphatic carbocycles. The van der Waals surface area contributed by atoms with Crippen LogP contribution in [0.2, 0.25) is 0 Å². The molecule has 1 N–H and O–H groups in total. The Balaban J connectivity index is 2.75. The van der Waals surface area contributed by atoms with Crippen LogP contribution in [0, 0.1) is 0 Å². The van der Waals surface area contributed by atoms with E-state index < -0.39 is 0 Å². The normalized spacial score (nSPS) is 12.2. The molecule has 0 aromatic carbocycles. The van der Waals surface area contributed by atoms with Crippen molar-refractivity contribution in [2.24, 2.45) is 0 Å². The second-order valence-corrected chi connectivity index (χ2v) is 4.54. The van der Waals surface area contributed by atoms with Crippen molar-refractivity contribution in [3.05, 3.63) is 40.4 Å². The Morgan fingerprint density at radius 1 is 1.29 bits per heavy atom. The molecule has 2 rings (SSSR count). The lowest BCUT2D eigenvalue weighted by Crippen LogP contribution is -2.12. The van der Waals surface area contributed by atoms with Crippen molar-refractivity contribution in [2.45, 2.75) is 26.2 Å². The van der Waals surface area contributed by atoms with Crippen LogP contribution in [0.5, 0.6) is 0 Å². The van der Waals surface area contributed by atoms with E-state index in [1.54, 1.807) is 16.5 Å². The van der Waals surface area contributed by atoms with E-state index in [0.29, 0.717) is 0 Å². The lowest BCUT2D eigenvalue weighted by Gasteiger charge is -2.14. The molecular formula is C11H14N2O. The van der Waals surface area contributed by atoms with Crippen molar-refractivity contribution in [1.82, 2.24) is 9.38 Å². The molecule has 2 aromatic rings. The van der Waals surface area contributed by atoms with Crippen LogP contribution in [0.1, 0.15) is 26.5 Å². The Bertz CT molecular complexity index is 514. The zero-order chi connectivity index (χ0) is 10.3. The first-order chi connectivity index (χ1) is 6.48. The maximum atomic E-state index is 11.5. The molecule has 0 spiro atoms. The van der Waals surface area contributed by atoms with E-state index in [1.807, 2.05) is 12.3 Å². The van der Waals surface area contributed by atoms with Gasteiger partial charge in [0.05, 0.1) is 0 Å². The third-order valence-corrected chi connectivity index (χ3v) is 2.32. The van der Waals surface area contributed by atoms with Crippen molar-refractivity contribution in [3.63, 3.8) is 0 Å². The van der Waals surface area contributed by atoms with Gasteiger partial charge >= 0.3 is 0 Å². The molecule has 0 bridgehead atoms. The fourth-order valence-corrected chi connectivity index (χ4v) is 1.42. The van der Waals surface area contributed by atoms with Gasteiger partial charge in [-0.3, -0.25) is 9.20 Å². The van der Waals surface area contributed by atoms with Gasteiger partial charge in [-0.2, -0.15) is 0 Å². The van der Waals surface area contributed by atoms with Gasteiger partial charge in [-0.15, -0.1) is 0 Å². The van der Waals surface area contributed by atoms with Crippen LogP contribution in [0.4, 0.5) is 0 Å². The molecule has 3 nitrogen and oxygen atoms in total. The van der Waals surface area contributed by atoms with E-state index in [2.05, 4.69) is 25.8 Å². The van der Waals surface area contributed by atoms with Gasteiger partial charge in [-0.1, -0.05) is 26.8 Å². The molecule has 0 unspecified atom stereocenters. The molecule has 2 heterocycles. The number of hydrogen-bond donors (Lipinski definition) is 1. The minimum Gasteiger partial charge on any atom is -0.343 e. The van der Waals surface area contributed by atoms with Gasteiger partial charge in [0.1, 0.15) is 5.65 Å². The van der Waals surface area contributed by atoms with E-state index in [9.17, 15) is 4.79 Å². The number of nitrogens with zero attached hydrogens (tertiary/aromatic N) is 1. The molecule has 74 valence electrons. The molecule has 0 saturated carbocycles. The Morgan fingerprint density at radius 3 is 2.57 bits per heavy atom. The Kier molecular flexibility index (Phi) is 1.77. The van der Waals surface area contributed by atoms with Gasteiger partial charge in [0.2, 0.25) is 0 Å². The monoisotopic (exact) mass is 190 g/mol.